The molecule has 6 heteroatoms. The highest BCUT2D eigenvalue weighted by molar-refractivity contribution is 5.86. The maximum absolute atomic E-state index is 12.9. The van der Waals surface area contributed by atoms with Crippen molar-refractivity contribution < 1.29 is 19.3 Å². The maximum Gasteiger partial charge on any atom is 0.254 e. The number of rotatable bonds is 8. The van der Waals surface area contributed by atoms with Crippen LogP contribution in [-0.2, 0) is 4.74 Å². The van der Waals surface area contributed by atoms with Crippen molar-refractivity contribution in [1.82, 2.24) is 4.57 Å². The van der Waals surface area contributed by atoms with Gasteiger partial charge < -0.3 is 19.3 Å². The minimum atomic E-state index is -0.415. The Morgan fingerprint density at radius 1 is 1.07 bits per heavy atom. The minimum Gasteiger partial charge on any atom is -0.494 e. The van der Waals surface area contributed by atoms with Gasteiger partial charge >= 0.3 is 0 Å². The highest BCUT2D eigenvalue weighted by Gasteiger charge is 2.21. The van der Waals surface area contributed by atoms with Crippen molar-refractivity contribution in [2.45, 2.75) is 19.4 Å². The van der Waals surface area contributed by atoms with Crippen LogP contribution in [0.4, 0.5) is 0 Å². The summed E-state index contributed by atoms with van der Waals surface area (Å²) >= 11 is 0. The molecule has 1 N–H and O–H groups in total. The van der Waals surface area contributed by atoms with Crippen molar-refractivity contribution in [3.8, 4) is 17.4 Å². The molecule has 0 aliphatic heterocycles. The van der Waals surface area contributed by atoms with Gasteiger partial charge in [0.2, 0.25) is 5.88 Å². The van der Waals surface area contributed by atoms with E-state index in [9.17, 15) is 9.90 Å². The third-order valence-corrected chi connectivity index (χ3v) is 4.73. The monoisotopic (exact) mass is 383 g/mol. The highest BCUT2D eigenvalue weighted by Crippen LogP contribution is 2.35. The first-order valence-electron chi connectivity index (χ1n) is 9.23. The molecule has 3 aromatic rings. The number of aromatic nitrogens is 1. The lowest BCUT2D eigenvalue weighted by atomic mass is 10.0. The third kappa shape index (κ3) is 3.82. The fourth-order valence-electron chi connectivity index (χ4n) is 3.41. The molecule has 2 aromatic carbocycles. The topological polar surface area (TPSA) is 69.9 Å². The van der Waals surface area contributed by atoms with E-state index in [1.54, 1.807) is 26.4 Å². The van der Waals surface area contributed by atoms with Crippen LogP contribution in [0.5, 0.6) is 17.4 Å². The van der Waals surface area contributed by atoms with E-state index in [4.69, 9.17) is 14.2 Å². The van der Waals surface area contributed by atoms with Crippen molar-refractivity contribution in [3.05, 3.63) is 64.4 Å². The Bertz CT molecular complexity index is 1010. The molecule has 1 unspecified atom stereocenters. The van der Waals surface area contributed by atoms with Crippen LogP contribution in [0, 0.1) is 0 Å². The van der Waals surface area contributed by atoms with E-state index in [-0.39, 0.29) is 11.4 Å². The number of fused-ring (bicyclic) bond motifs is 1. The van der Waals surface area contributed by atoms with Gasteiger partial charge in [-0.2, -0.15) is 0 Å². The van der Waals surface area contributed by atoms with Gasteiger partial charge in [-0.25, -0.2) is 0 Å². The van der Waals surface area contributed by atoms with Gasteiger partial charge in [0.25, 0.3) is 5.56 Å². The zero-order valence-corrected chi connectivity index (χ0v) is 16.3. The standard InChI is InChI=1S/C22H25NO5/c1-4-28-20-13-16(9-10-19(20)27-3)18(11-12-26-2)23-21(24)14-15-7-5-6-8-17(15)22(23)25/h5-10,13-14,18,25H,4,11-12H2,1-3H3. The van der Waals surface area contributed by atoms with E-state index in [0.29, 0.717) is 41.9 Å². The largest absolute Gasteiger partial charge is 0.494 e. The molecule has 28 heavy (non-hydrogen) atoms. The summed E-state index contributed by atoms with van der Waals surface area (Å²) < 4.78 is 17.7. The number of nitrogens with zero attached hydrogens (tertiary/aromatic N) is 1. The number of hydrogen-bond acceptors (Lipinski definition) is 5. The zero-order chi connectivity index (χ0) is 20.1. The number of aromatic hydroxyl groups is 1. The first-order chi connectivity index (χ1) is 13.6. The van der Waals surface area contributed by atoms with Crippen LogP contribution in [0.25, 0.3) is 10.8 Å². The van der Waals surface area contributed by atoms with E-state index >= 15 is 0 Å². The Morgan fingerprint density at radius 2 is 1.86 bits per heavy atom. The number of ether oxygens (including phenoxy) is 3. The van der Waals surface area contributed by atoms with Gasteiger partial charge in [0.1, 0.15) is 0 Å². The minimum absolute atomic E-state index is 0.0574. The van der Waals surface area contributed by atoms with Gasteiger partial charge in [-0.1, -0.05) is 24.3 Å². The molecule has 0 aliphatic carbocycles. The summed E-state index contributed by atoms with van der Waals surface area (Å²) in [6, 6.07) is 14.0. The molecule has 0 bridgehead atoms. The SMILES string of the molecule is CCOc1cc(C(CCOC)n2c(O)c3ccccc3cc2=O)ccc1OC. The number of benzene rings is 2. The van der Waals surface area contributed by atoms with Gasteiger partial charge in [-0.15, -0.1) is 0 Å². The Morgan fingerprint density at radius 3 is 2.57 bits per heavy atom. The molecule has 1 atom stereocenters. The first kappa shape index (κ1) is 19.8. The van der Waals surface area contributed by atoms with Gasteiger partial charge in [0.05, 0.1) is 19.8 Å². The molecule has 0 fully saturated rings. The van der Waals surface area contributed by atoms with Crippen LogP contribution in [0.3, 0.4) is 0 Å². The average molecular weight is 383 g/mol. The van der Waals surface area contributed by atoms with Crippen LogP contribution in [-0.4, -0.2) is 37.1 Å². The third-order valence-electron chi connectivity index (χ3n) is 4.73. The quantitative estimate of drug-likeness (QED) is 0.642. The Balaban J connectivity index is 2.18. The summed E-state index contributed by atoms with van der Waals surface area (Å²) in [4.78, 5) is 12.9. The van der Waals surface area contributed by atoms with Crippen molar-refractivity contribution in [3.63, 3.8) is 0 Å². The van der Waals surface area contributed by atoms with Crippen LogP contribution in [0.2, 0.25) is 0 Å². The summed E-state index contributed by atoms with van der Waals surface area (Å²) in [5.41, 5.74) is 0.556. The predicted molar refractivity (Wildman–Crippen MR) is 109 cm³/mol. The molecule has 0 saturated heterocycles. The lowest BCUT2D eigenvalue weighted by molar-refractivity contribution is 0.181. The zero-order valence-electron chi connectivity index (χ0n) is 16.3. The molecular formula is C22H25NO5. The smallest absolute Gasteiger partial charge is 0.254 e. The molecule has 0 spiro atoms. The van der Waals surface area contributed by atoms with E-state index in [1.807, 2.05) is 43.3 Å². The van der Waals surface area contributed by atoms with E-state index in [2.05, 4.69) is 0 Å². The van der Waals surface area contributed by atoms with Gasteiger partial charge in [-0.3, -0.25) is 9.36 Å². The molecule has 3 rings (SSSR count). The number of methoxy groups -OCH3 is 2. The number of hydrogen-bond donors (Lipinski definition) is 1. The van der Waals surface area contributed by atoms with Crippen LogP contribution < -0.4 is 15.0 Å². The van der Waals surface area contributed by atoms with Crippen molar-refractivity contribution >= 4 is 10.8 Å². The Hall–Kier alpha value is -2.99. The van der Waals surface area contributed by atoms with Crippen molar-refractivity contribution in [1.29, 1.82) is 0 Å². The molecule has 0 amide bonds. The molecule has 1 heterocycles. The molecule has 1 aromatic heterocycles. The van der Waals surface area contributed by atoms with Crippen LogP contribution in [0.1, 0.15) is 24.9 Å². The first-order valence-corrected chi connectivity index (χ1v) is 9.23. The van der Waals surface area contributed by atoms with Gasteiger partial charge in [-0.05, 0) is 42.5 Å². The Labute approximate surface area is 163 Å². The molecule has 6 nitrogen and oxygen atoms in total. The second-order valence-corrected chi connectivity index (χ2v) is 6.40. The molecule has 0 saturated carbocycles. The Kier molecular flexibility index (Phi) is 6.21. The fourth-order valence-corrected chi connectivity index (χ4v) is 3.41. The van der Waals surface area contributed by atoms with E-state index in [0.717, 1.165) is 5.56 Å². The van der Waals surface area contributed by atoms with E-state index in [1.165, 1.54) is 4.57 Å². The summed E-state index contributed by atoms with van der Waals surface area (Å²) in [5, 5.41) is 12.2. The average Bonchev–Trinajstić information content (AvgIpc) is 2.70. The van der Waals surface area contributed by atoms with Crippen LogP contribution in [0.15, 0.2) is 53.3 Å². The normalized spacial score (nSPS) is 12.1. The van der Waals surface area contributed by atoms with Crippen LogP contribution >= 0.6 is 0 Å². The second kappa shape index (κ2) is 8.80. The van der Waals surface area contributed by atoms with Crippen molar-refractivity contribution in [2.75, 3.05) is 27.4 Å². The highest BCUT2D eigenvalue weighted by atomic mass is 16.5. The molecule has 0 aliphatic rings. The van der Waals surface area contributed by atoms with Crippen molar-refractivity contribution in [2.24, 2.45) is 0 Å². The summed E-state index contributed by atoms with van der Waals surface area (Å²) in [5.74, 6) is 1.15. The summed E-state index contributed by atoms with van der Waals surface area (Å²) in [6.07, 6.45) is 0.514. The molecule has 0 radical (unpaired) electrons. The van der Waals surface area contributed by atoms with E-state index < -0.39 is 6.04 Å². The maximum atomic E-state index is 12.9. The fraction of sp³-hybridized carbons (Fsp3) is 0.318. The lowest BCUT2D eigenvalue weighted by Gasteiger charge is -2.23. The number of pyridine rings is 1. The summed E-state index contributed by atoms with van der Waals surface area (Å²) in [6.45, 7) is 2.82. The summed E-state index contributed by atoms with van der Waals surface area (Å²) in [7, 11) is 3.19. The van der Waals surface area contributed by atoms with Gasteiger partial charge in [0.15, 0.2) is 11.5 Å². The predicted octanol–water partition coefficient (Wildman–Crippen LogP) is 3.74. The van der Waals surface area contributed by atoms with Gasteiger partial charge in [0, 0.05) is 25.2 Å². The lowest BCUT2D eigenvalue weighted by Crippen LogP contribution is -2.26. The second-order valence-electron chi connectivity index (χ2n) is 6.40. The molecular weight excluding hydrogens is 358 g/mol. The molecule has 148 valence electrons.